The van der Waals surface area contributed by atoms with Crippen LogP contribution >= 0.6 is 11.8 Å². The molecule has 30 heavy (non-hydrogen) atoms. The number of aromatic nitrogens is 2. The van der Waals surface area contributed by atoms with E-state index in [2.05, 4.69) is 15.3 Å². The van der Waals surface area contributed by atoms with Crippen molar-refractivity contribution in [3.8, 4) is 0 Å². The van der Waals surface area contributed by atoms with E-state index in [-0.39, 0.29) is 30.2 Å². The van der Waals surface area contributed by atoms with Gasteiger partial charge in [-0.1, -0.05) is 0 Å². The van der Waals surface area contributed by atoms with Gasteiger partial charge in [0, 0.05) is 55.7 Å². The number of nitrogens with one attached hydrogen (secondary N) is 2. The van der Waals surface area contributed by atoms with Gasteiger partial charge < -0.3 is 20.9 Å². The number of imidazole rings is 1. The lowest BCUT2D eigenvalue weighted by atomic mass is 10.0. The Labute approximate surface area is 175 Å². The number of nitrogens with zero attached hydrogens (tertiary/aromatic N) is 2. The zero-order valence-corrected chi connectivity index (χ0v) is 16.9. The third-order valence-electron chi connectivity index (χ3n) is 4.69. The van der Waals surface area contributed by atoms with E-state index in [9.17, 15) is 22.8 Å². The number of nitrogens with two attached hydrogens (primary N) is 1. The van der Waals surface area contributed by atoms with Crippen LogP contribution in [0.5, 0.6) is 0 Å². The molecule has 4 N–H and O–H groups in total. The molecule has 162 valence electrons. The Morgan fingerprint density at radius 1 is 1.30 bits per heavy atom. The minimum Gasteiger partial charge on any atom is -0.353 e. The van der Waals surface area contributed by atoms with E-state index in [1.54, 1.807) is 12.5 Å². The van der Waals surface area contributed by atoms with Crippen LogP contribution in [0, 0.1) is 17.5 Å². The standard InChI is InChI=1S/C19H22F3N5O2S/c20-14-8-16(22)15(21)6-11(14)5-12(23)7-17(28)27-3-4-30-19(27)18(29)25-2-1-13-9-24-10-26-13/h6,8-10,12,19H,1-5,7,23H2,(H,24,26)(H,25,29). The summed E-state index contributed by atoms with van der Waals surface area (Å²) in [6.07, 6.45) is 3.54. The van der Waals surface area contributed by atoms with E-state index in [1.165, 1.54) is 16.7 Å². The number of hydrogen-bond donors (Lipinski definition) is 3. The van der Waals surface area contributed by atoms with Crippen LogP contribution in [-0.2, 0) is 22.4 Å². The number of hydrogen-bond acceptors (Lipinski definition) is 5. The number of carbonyl (C=O) groups excluding carboxylic acids is 2. The highest BCUT2D eigenvalue weighted by Gasteiger charge is 2.35. The lowest BCUT2D eigenvalue weighted by molar-refractivity contribution is -0.136. The van der Waals surface area contributed by atoms with Crippen molar-refractivity contribution in [2.45, 2.75) is 30.7 Å². The number of benzene rings is 1. The lowest BCUT2D eigenvalue weighted by Gasteiger charge is -2.24. The number of rotatable bonds is 8. The zero-order valence-electron chi connectivity index (χ0n) is 16.0. The Bertz CT molecular complexity index is 897. The normalized spacial score (nSPS) is 17.2. The number of H-pyrrole nitrogens is 1. The van der Waals surface area contributed by atoms with Gasteiger partial charge in [0.1, 0.15) is 5.82 Å². The summed E-state index contributed by atoms with van der Waals surface area (Å²) in [5.41, 5.74) is 6.73. The first kappa shape index (κ1) is 22.2. The molecule has 0 bridgehead atoms. The van der Waals surface area contributed by atoms with Gasteiger partial charge in [0.25, 0.3) is 5.91 Å². The van der Waals surface area contributed by atoms with Crippen molar-refractivity contribution >= 4 is 23.6 Å². The fraction of sp³-hybridized carbons (Fsp3) is 0.421. The second-order valence-electron chi connectivity index (χ2n) is 6.95. The van der Waals surface area contributed by atoms with Crippen LogP contribution in [0.2, 0.25) is 0 Å². The maximum Gasteiger partial charge on any atom is 0.253 e. The van der Waals surface area contributed by atoms with Crippen molar-refractivity contribution in [3.63, 3.8) is 0 Å². The average molecular weight is 441 g/mol. The van der Waals surface area contributed by atoms with Crippen molar-refractivity contribution in [1.82, 2.24) is 20.2 Å². The Balaban J connectivity index is 1.52. The number of aromatic amines is 1. The van der Waals surface area contributed by atoms with Gasteiger partial charge in [-0.15, -0.1) is 11.8 Å². The second kappa shape index (κ2) is 9.98. The summed E-state index contributed by atoms with van der Waals surface area (Å²) in [6, 6.07) is 0.405. The lowest BCUT2D eigenvalue weighted by Crippen LogP contribution is -2.46. The van der Waals surface area contributed by atoms with Crippen molar-refractivity contribution in [1.29, 1.82) is 0 Å². The molecular weight excluding hydrogens is 419 g/mol. The van der Waals surface area contributed by atoms with E-state index in [4.69, 9.17) is 5.73 Å². The summed E-state index contributed by atoms with van der Waals surface area (Å²) in [7, 11) is 0. The molecule has 7 nitrogen and oxygen atoms in total. The molecule has 11 heteroatoms. The summed E-state index contributed by atoms with van der Waals surface area (Å²) in [5.74, 6) is -3.38. The van der Waals surface area contributed by atoms with Gasteiger partial charge in [0.05, 0.1) is 6.33 Å². The average Bonchev–Trinajstić information content (AvgIpc) is 3.37. The molecule has 0 saturated carbocycles. The molecule has 1 fully saturated rings. The summed E-state index contributed by atoms with van der Waals surface area (Å²) in [5, 5.41) is 2.14. The van der Waals surface area contributed by atoms with Crippen LogP contribution in [0.4, 0.5) is 13.2 Å². The first-order chi connectivity index (χ1) is 14.3. The first-order valence-electron chi connectivity index (χ1n) is 9.40. The van der Waals surface area contributed by atoms with E-state index in [1.807, 2.05) is 0 Å². The minimum absolute atomic E-state index is 0.0990. The zero-order chi connectivity index (χ0) is 21.7. The third kappa shape index (κ3) is 5.54. The van der Waals surface area contributed by atoms with Crippen molar-refractivity contribution in [2.75, 3.05) is 18.8 Å². The number of amides is 2. The highest BCUT2D eigenvalue weighted by molar-refractivity contribution is 8.00. The highest BCUT2D eigenvalue weighted by atomic mass is 32.2. The monoisotopic (exact) mass is 441 g/mol. The molecule has 2 atom stereocenters. The largest absolute Gasteiger partial charge is 0.353 e. The predicted molar refractivity (Wildman–Crippen MR) is 106 cm³/mol. The van der Waals surface area contributed by atoms with Gasteiger partial charge in [0.2, 0.25) is 5.91 Å². The number of halogens is 3. The molecule has 0 aliphatic carbocycles. The maximum atomic E-state index is 13.8. The van der Waals surface area contributed by atoms with Crippen LogP contribution in [0.1, 0.15) is 17.7 Å². The van der Waals surface area contributed by atoms with Gasteiger partial charge >= 0.3 is 0 Å². The van der Waals surface area contributed by atoms with Gasteiger partial charge in [-0.05, 0) is 18.1 Å². The van der Waals surface area contributed by atoms with Gasteiger partial charge in [-0.25, -0.2) is 18.2 Å². The predicted octanol–water partition coefficient (Wildman–Crippen LogP) is 1.35. The van der Waals surface area contributed by atoms with E-state index >= 15 is 0 Å². The molecule has 1 aromatic heterocycles. The molecule has 2 heterocycles. The minimum atomic E-state index is -1.28. The SMILES string of the molecule is NC(CC(=O)N1CCSC1C(=O)NCCc1cnc[nH]1)Cc1cc(F)c(F)cc1F. The highest BCUT2D eigenvalue weighted by Crippen LogP contribution is 2.25. The summed E-state index contributed by atoms with van der Waals surface area (Å²) in [6.45, 7) is 0.795. The van der Waals surface area contributed by atoms with E-state index in [0.29, 0.717) is 31.3 Å². The van der Waals surface area contributed by atoms with E-state index < -0.39 is 28.9 Å². The van der Waals surface area contributed by atoms with Crippen LogP contribution in [-0.4, -0.2) is 56.9 Å². The van der Waals surface area contributed by atoms with Gasteiger partial charge in [0.15, 0.2) is 17.0 Å². The molecule has 1 aliphatic rings. The van der Waals surface area contributed by atoms with Crippen LogP contribution < -0.4 is 11.1 Å². The first-order valence-corrected chi connectivity index (χ1v) is 10.4. The molecule has 1 aliphatic heterocycles. The van der Waals surface area contributed by atoms with Gasteiger partial charge in [-0.2, -0.15) is 0 Å². The topological polar surface area (TPSA) is 104 Å². The fourth-order valence-corrected chi connectivity index (χ4v) is 4.35. The molecule has 2 unspecified atom stereocenters. The maximum absolute atomic E-state index is 13.8. The van der Waals surface area contributed by atoms with Crippen molar-refractivity contribution in [3.05, 3.63) is 53.4 Å². The Morgan fingerprint density at radius 2 is 2.07 bits per heavy atom. The number of carbonyl (C=O) groups is 2. The second-order valence-corrected chi connectivity index (χ2v) is 8.14. The van der Waals surface area contributed by atoms with Crippen molar-refractivity contribution < 1.29 is 22.8 Å². The van der Waals surface area contributed by atoms with Crippen molar-refractivity contribution in [2.24, 2.45) is 5.73 Å². The smallest absolute Gasteiger partial charge is 0.253 e. The Hall–Kier alpha value is -2.53. The molecule has 0 radical (unpaired) electrons. The summed E-state index contributed by atoms with van der Waals surface area (Å²) >= 11 is 1.35. The Morgan fingerprint density at radius 3 is 2.80 bits per heavy atom. The summed E-state index contributed by atoms with van der Waals surface area (Å²) in [4.78, 5) is 33.4. The van der Waals surface area contributed by atoms with Crippen LogP contribution in [0.3, 0.4) is 0 Å². The molecule has 0 spiro atoms. The molecular formula is C19H22F3N5O2S. The third-order valence-corrected chi connectivity index (χ3v) is 5.89. The molecule has 3 rings (SSSR count). The Kier molecular flexibility index (Phi) is 7.38. The summed E-state index contributed by atoms with van der Waals surface area (Å²) < 4.78 is 40.2. The quantitative estimate of drug-likeness (QED) is 0.537. The number of thioether (sulfide) groups is 1. The fourth-order valence-electron chi connectivity index (χ4n) is 3.19. The molecule has 2 amide bonds. The molecule has 1 aromatic carbocycles. The van der Waals surface area contributed by atoms with E-state index in [0.717, 1.165) is 11.8 Å². The van der Waals surface area contributed by atoms with Gasteiger partial charge in [-0.3, -0.25) is 9.59 Å². The molecule has 1 saturated heterocycles. The van der Waals surface area contributed by atoms with Crippen LogP contribution in [0.25, 0.3) is 0 Å². The molecule has 2 aromatic rings. The van der Waals surface area contributed by atoms with Crippen LogP contribution in [0.15, 0.2) is 24.7 Å².